The molecule has 1 fully saturated rings. The van der Waals surface area contributed by atoms with Crippen LogP contribution in [0.5, 0.6) is 11.5 Å². The van der Waals surface area contributed by atoms with Gasteiger partial charge in [0.1, 0.15) is 11.3 Å². The van der Waals surface area contributed by atoms with Gasteiger partial charge in [0.2, 0.25) is 5.43 Å². The highest BCUT2D eigenvalue weighted by molar-refractivity contribution is 5.95. The largest absolute Gasteiger partial charge is 0.454 e. The van der Waals surface area contributed by atoms with E-state index in [2.05, 4.69) is 15.2 Å². The Labute approximate surface area is 184 Å². The van der Waals surface area contributed by atoms with Crippen LogP contribution in [-0.4, -0.2) is 31.2 Å². The molecule has 5 rings (SSSR count). The number of fused-ring (bicyclic) bond motifs is 2. The first-order valence-electron chi connectivity index (χ1n) is 9.75. The van der Waals surface area contributed by atoms with Crippen molar-refractivity contribution in [2.75, 3.05) is 42.5 Å². The quantitative estimate of drug-likeness (QED) is 0.329. The molecule has 0 bridgehead atoms. The summed E-state index contributed by atoms with van der Waals surface area (Å²) < 4.78 is 11.8. The van der Waals surface area contributed by atoms with E-state index in [1.807, 2.05) is 24.3 Å². The molecule has 1 saturated heterocycles. The van der Waals surface area contributed by atoms with Crippen LogP contribution in [0.3, 0.4) is 0 Å². The lowest BCUT2D eigenvalue weighted by atomic mass is 10.1. The van der Waals surface area contributed by atoms with Crippen molar-refractivity contribution in [1.82, 2.24) is 10.3 Å². The molecule has 0 radical (unpaired) electrons. The minimum absolute atomic E-state index is 0. The van der Waals surface area contributed by atoms with Crippen LogP contribution in [0.15, 0.2) is 57.7 Å². The maximum absolute atomic E-state index is 12.8. The van der Waals surface area contributed by atoms with Gasteiger partial charge in [-0.05, 0) is 36.4 Å². The first-order valence-corrected chi connectivity index (χ1v) is 9.75. The number of nitrogens with two attached hydrogens (primary N) is 2. The standard InChI is InChI=1S/C22H21N5O3.ClH/c23-15-2-1-3-16-19(15)21(28)20-17(30-16)12-18(22(24)26-20)29-14-6-4-13(5-7-14)27-10-8-25-9-11-27;/h1-7,12,25H,8-11,23H2,(H2,24,26);1H. The summed E-state index contributed by atoms with van der Waals surface area (Å²) in [5.74, 6) is 1.05. The first kappa shape index (κ1) is 20.8. The Kier molecular flexibility index (Phi) is 5.58. The second-order valence-electron chi connectivity index (χ2n) is 7.20. The molecule has 1 aliphatic heterocycles. The molecule has 2 aromatic carbocycles. The van der Waals surface area contributed by atoms with E-state index in [4.69, 9.17) is 20.6 Å². The van der Waals surface area contributed by atoms with Gasteiger partial charge < -0.3 is 30.8 Å². The van der Waals surface area contributed by atoms with Gasteiger partial charge in [0, 0.05) is 43.6 Å². The van der Waals surface area contributed by atoms with E-state index in [0.29, 0.717) is 33.7 Å². The highest BCUT2D eigenvalue weighted by Crippen LogP contribution is 2.31. The molecule has 0 saturated carbocycles. The lowest BCUT2D eigenvalue weighted by molar-refractivity contribution is 0.482. The number of benzene rings is 2. The molecule has 4 aromatic rings. The Morgan fingerprint density at radius 3 is 2.52 bits per heavy atom. The molecular weight excluding hydrogens is 418 g/mol. The number of pyridine rings is 1. The van der Waals surface area contributed by atoms with Crippen molar-refractivity contribution in [3.8, 4) is 11.5 Å². The minimum atomic E-state index is -0.317. The van der Waals surface area contributed by atoms with E-state index in [9.17, 15) is 4.79 Å². The average Bonchev–Trinajstić information content (AvgIpc) is 2.76. The second-order valence-corrected chi connectivity index (χ2v) is 7.20. The summed E-state index contributed by atoms with van der Waals surface area (Å²) >= 11 is 0. The lowest BCUT2D eigenvalue weighted by Gasteiger charge is -2.29. The fourth-order valence-electron chi connectivity index (χ4n) is 3.70. The van der Waals surface area contributed by atoms with Crippen molar-refractivity contribution < 1.29 is 9.15 Å². The third-order valence-electron chi connectivity index (χ3n) is 5.25. The summed E-state index contributed by atoms with van der Waals surface area (Å²) in [4.78, 5) is 19.4. The van der Waals surface area contributed by atoms with Gasteiger partial charge in [-0.25, -0.2) is 4.98 Å². The summed E-state index contributed by atoms with van der Waals surface area (Å²) in [6.45, 7) is 3.89. The minimum Gasteiger partial charge on any atom is -0.454 e. The van der Waals surface area contributed by atoms with Crippen LogP contribution in [0.25, 0.3) is 22.1 Å². The lowest BCUT2D eigenvalue weighted by Crippen LogP contribution is -2.43. The van der Waals surface area contributed by atoms with Crippen LogP contribution in [0.4, 0.5) is 17.2 Å². The molecule has 9 heteroatoms. The van der Waals surface area contributed by atoms with Crippen LogP contribution in [0.1, 0.15) is 0 Å². The number of nitrogens with zero attached hydrogens (tertiary/aromatic N) is 2. The highest BCUT2D eigenvalue weighted by Gasteiger charge is 2.16. The first-order chi connectivity index (χ1) is 14.6. The molecule has 8 nitrogen and oxygen atoms in total. The van der Waals surface area contributed by atoms with E-state index >= 15 is 0 Å². The third kappa shape index (κ3) is 3.83. The van der Waals surface area contributed by atoms with Crippen molar-refractivity contribution in [2.45, 2.75) is 0 Å². The monoisotopic (exact) mass is 439 g/mol. The number of hydrogen-bond donors (Lipinski definition) is 3. The van der Waals surface area contributed by atoms with Gasteiger partial charge in [0.05, 0.1) is 5.39 Å². The zero-order valence-electron chi connectivity index (χ0n) is 16.6. The Morgan fingerprint density at radius 1 is 1.03 bits per heavy atom. The molecule has 0 atom stereocenters. The van der Waals surface area contributed by atoms with Gasteiger partial charge in [-0.15, -0.1) is 12.4 Å². The molecular formula is C22H22ClN5O3. The van der Waals surface area contributed by atoms with Gasteiger partial charge in [0.15, 0.2) is 22.7 Å². The van der Waals surface area contributed by atoms with Gasteiger partial charge in [-0.2, -0.15) is 0 Å². The third-order valence-corrected chi connectivity index (χ3v) is 5.25. The summed E-state index contributed by atoms with van der Waals surface area (Å²) in [5, 5.41) is 3.64. The average molecular weight is 440 g/mol. The Bertz CT molecular complexity index is 1300. The van der Waals surface area contributed by atoms with Crippen LogP contribution in [0.2, 0.25) is 0 Å². The molecule has 2 aromatic heterocycles. The number of ether oxygens (including phenoxy) is 1. The van der Waals surface area contributed by atoms with Crippen LogP contribution >= 0.6 is 12.4 Å². The fourth-order valence-corrected chi connectivity index (χ4v) is 3.70. The van der Waals surface area contributed by atoms with E-state index < -0.39 is 0 Å². The number of nitrogen functional groups attached to an aromatic ring is 2. The topological polar surface area (TPSA) is 120 Å². The second kappa shape index (κ2) is 8.33. The molecule has 1 aliphatic rings. The number of aromatic nitrogens is 1. The summed E-state index contributed by atoms with van der Waals surface area (Å²) in [7, 11) is 0. The van der Waals surface area contributed by atoms with E-state index in [1.165, 1.54) is 0 Å². The molecule has 0 amide bonds. The number of anilines is 3. The Hall–Kier alpha value is -3.49. The van der Waals surface area contributed by atoms with Crippen molar-refractivity contribution in [3.05, 3.63) is 58.8 Å². The number of piperazine rings is 1. The maximum atomic E-state index is 12.8. The number of rotatable bonds is 3. The van der Waals surface area contributed by atoms with E-state index in [-0.39, 0.29) is 29.2 Å². The normalized spacial score (nSPS) is 13.9. The smallest absolute Gasteiger partial charge is 0.221 e. The highest BCUT2D eigenvalue weighted by atomic mass is 35.5. The number of hydrogen-bond acceptors (Lipinski definition) is 8. The van der Waals surface area contributed by atoms with Crippen molar-refractivity contribution in [1.29, 1.82) is 0 Å². The molecule has 5 N–H and O–H groups in total. The number of nitrogens with one attached hydrogen (secondary N) is 1. The van der Waals surface area contributed by atoms with Crippen LogP contribution in [0, 0.1) is 0 Å². The predicted molar refractivity (Wildman–Crippen MR) is 125 cm³/mol. The van der Waals surface area contributed by atoms with Crippen molar-refractivity contribution >= 4 is 51.7 Å². The van der Waals surface area contributed by atoms with Gasteiger partial charge in [-0.3, -0.25) is 4.79 Å². The zero-order chi connectivity index (χ0) is 20.7. The maximum Gasteiger partial charge on any atom is 0.221 e. The van der Waals surface area contributed by atoms with Gasteiger partial charge in [-0.1, -0.05) is 6.07 Å². The van der Waals surface area contributed by atoms with Gasteiger partial charge >= 0.3 is 0 Å². The number of halogens is 1. The molecule has 0 spiro atoms. The summed E-state index contributed by atoms with van der Waals surface area (Å²) in [5.41, 5.74) is 14.0. The molecule has 3 heterocycles. The summed E-state index contributed by atoms with van der Waals surface area (Å²) in [6.07, 6.45) is 0. The summed E-state index contributed by atoms with van der Waals surface area (Å²) in [6, 6.07) is 14.5. The molecule has 160 valence electrons. The van der Waals surface area contributed by atoms with Gasteiger partial charge in [0.25, 0.3) is 0 Å². The SMILES string of the molecule is Cl.Nc1nc2c(=O)c3c(N)cccc3oc2cc1Oc1ccc(N2CCNCC2)cc1. The van der Waals surface area contributed by atoms with Crippen molar-refractivity contribution in [2.24, 2.45) is 0 Å². The molecule has 0 aliphatic carbocycles. The van der Waals surface area contributed by atoms with E-state index in [0.717, 1.165) is 31.9 Å². The Morgan fingerprint density at radius 2 is 1.77 bits per heavy atom. The van der Waals surface area contributed by atoms with Crippen LogP contribution < -0.4 is 31.8 Å². The fraction of sp³-hybridized carbons (Fsp3) is 0.182. The van der Waals surface area contributed by atoms with Crippen molar-refractivity contribution in [3.63, 3.8) is 0 Å². The molecule has 0 unspecified atom stereocenters. The zero-order valence-corrected chi connectivity index (χ0v) is 17.4. The Balaban J connectivity index is 0.00000231. The molecule has 31 heavy (non-hydrogen) atoms. The predicted octanol–water partition coefficient (Wildman–Crippen LogP) is 3.13. The van der Waals surface area contributed by atoms with E-state index in [1.54, 1.807) is 24.3 Å². The van der Waals surface area contributed by atoms with Crippen LogP contribution in [-0.2, 0) is 0 Å².